The molecule has 1 heterocycles. The SMILES string of the molecule is Cc1ccc(NCC(O)COCc2cccs2)cc1C. The Bertz CT molecular complexity index is 525. The molecule has 0 saturated heterocycles. The zero-order valence-corrected chi connectivity index (χ0v) is 12.7. The Kier molecular flexibility index (Phi) is 5.59. The lowest BCUT2D eigenvalue weighted by Gasteiger charge is -2.14. The molecule has 0 bridgehead atoms. The maximum absolute atomic E-state index is 9.88. The molecule has 1 aromatic heterocycles. The van der Waals surface area contributed by atoms with E-state index in [2.05, 4.69) is 31.3 Å². The van der Waals surface area contributed by atoms with Crippen molar-refractivity contribution in [2.75, 3.05) is 18.5 Å². The average molecular weight is 291 g/mol. The van der Waals surface area contributed by atoms with Crippen molar-refractivity contribution in [3.8, 4) is 0 Å². The summed E-state index contributed by atoms with van der Waals surface area (Å²) < 4.78 is 5.49. The molecular formula is C16H21NO2S. The van der Waals surface area contributed by atoms with Crippen molar-refractivity contribution in [3.05, 3.63) is 51.7 Å². The fourth-order valence-corrected chi connectivity index (χ4v) is 2.48. The van der Waals surface area contributed by atoms with Crippen LogP contribution in [-0.2, 0) is 11.3 Å². The quantitative estimate of drug-likeness (QED) is 0.822. The third kappa shape index (κ3) is 4.63. The minimum absolute atomic E-state index is 0.343. The molecular weight excluding hydrogens is 270 g/mol. The molecule has 2 N–H and O–H groups in total. The molecule has 2 aromatic rings. The largest absolute Gasteiger partial charge is 0.389 e. The first kappa shape index (κ1) is 15.0. The van der Waals surface area contributed by atoms with E-state index in [0.29, 0.717) is 19.8 Å². The molecule has 0 aliphatic carbocycles. The number of benzene rings is 1. The highest BCUT2D eigenvalue weighted by Crippen LogP contribution is 2.14. The van der Waals surface area contributed by atoms with Gasteiger partial charge in [-0.15, -0.1) is 11.3 Å². The van der Waals surface area contributed by atoms with Crippen molar-refractivity contribution < 1.29 is 9.84 Å². The molecule has 0 aliphatic rings. The van der Waals surface area contributed by atoms with Gasteiger partial charge in [-0.1, -0.05) is 12.1 Å². The van der Waals surface area contributed by atoms with Crippen LogP contribution >= 0.6 is 11.3 Å². The van der Waals surface area contributed by atoms with Crippen molar-refractivity contribution in [1.29, 1.82) is 0 Å². The number of anilines is 1. The van der Waals surface area contributed by atoms with Crippen LogP contribution in [0.15, 0.2) is 35.7 Å². The van der Waals surface area contributed by atoms with Crippen molar-refractivity contribution in [2.45, 2.75) is 26.6 Å². The van der Waals surface area contributed by atoms with Crippen molar-refractivity contribution in [3.63, 3.8) is 0 Å². The van der Waals surface area contributed by atoms with Crippen molar-refractivity contribution in [2.24, 2.45) is 0 Å². The van der Waals surface area contributed by atoms with Gasteiger partial charge in [-0.3, -0.25) is 0 Å². The van der Waals surface area contributed by atoms with E-state index in [-0.39, 0.29) is 0 Å². The first-order chi connectivity index (χ1) is 9.65. The van der Waals surface area contributed by atoms with Gasteiger partial charge in [-0.2, -0.15) is 0 Å². The summed E-state index contributed by atoms with van der Waals surface area (Å²) in [6, 6.07) is 10.2. The maximum atomic E-state index is 9.88. The highest BCUT2D eigenvalue weighted by atomic mass is 32.1. The zero-order valence-electron chi connectivity index (χ0n) is 11.9. The number of aliphatic hydroxyl groups excluding tert-OH is 1. The minimum Gasteiger partial charge on any atom is -0.389 e. The summed E-state index contributed by atoms with van der Waals surface area (Å²) in [5.41, 5.74) is 3.55. The summed E-state index contributed by atoms with van der Waals surface area (Å²) in [5.74, 6) is 0. The van der Waals surface area contributed by atoms with Crippen LogP contribution in [0.4, 0.5) is 5.69 Å². The molecule has 0 fully saturated rings. The lowest BCUT2D eigenvalue weighted by molar-refractivity contribution is 0.0359. The number of rotatable bonds is 7. The van der Waals surface area contributed by atoms with Gasteiger partial charge >= 0.3 is 0 Å². The van der Waals surface area contributed by atoms with E-state index >= 15 is 0 Å². The summed E-state index contributed by atoms with van der Waals surface area (Å²) in [5, 5.41) is 15.1. The topological polar surface area (TPSA) is 41.5 Å². The number of aryl methyl sites for hydroxylation is 2. The Morgan fingerprint density at radius 1 is 1.25 bits per heavy atom. The van der Waals surface area contributed by atoms with Crippen LogP contribution in [0.2, 0.25) is 0 Å². The molecule has 4 heteroatoms. The van der Waals surface area contributed by atoms with Crippen LogP contribution in [0, 0.1) is 13.8 Å². The standard InChI is InChI=1S/C16H21NO2S/c1-12-5-6-14(8-13(12)2)17-9-15(18)10-19-11-16-4-3-7-20-16/h3-8,15,17-18H,9-11H2,1-2H3. The monoisotopic (exact) mass is 291 g/mol. The summed E-state index contributed by atoms with van der Waals surface area (Å²) in [4.78, 5) is 1.18. The Morgan fingerprint density at radius 2 is 2.10 bits per heavy atom. The second kappa shape index (κ2) is 7.43. The van der Waals surface area contributed by atoms with Gasteiger partial charge in [0.1, 0.15) is 0 Å². The number of aliphatic hydroxyl groups is 1. The zero-order chi connectivity index (χ0) is 14.4. The number of nitrogens with one attached hydrogen (secondary N) is 1. The maximum Gasteiger partial charge on any atom is 0.0945 e. The second-order valence-electron chi connectivity index (χ2n) is 4.93. The highest BCUT2D eigenvalue weighted by Gasteiger charge is 2.05. The second-order valence-corrected chi connectivity index (χ2v) is 5.96. The molecule has 1 aromatic carbocycles. The van der Waals surface area contributed by atoms with E-state index in [9.17, 15) is 5.11 Å². The third-order valence-corrected chi connectivity index (χ3v) is 4.03. The number of ether oxygens (including phenoxy) is 1. The number of hydrogen-bond acceptors (Lipinski definition) is 4. The third-order valence-electron chi connectivity index (χ3n) is 3.18. The Labute approximate surface area is 124 Å². The smallest absolute Gasteiger partial charge is 0.0945 e. The van der Waals surface area contributed by atoms with Gasteiger partial charge in [0.05, 0.1) is 19.3 Å². The lowest BCUT2D eigenvalue weighted by Crippen LogP contribution is -2.24. The van der Waals surface area contributed by atoms with Gasteiger partial charge in [0.2, 0.25) is 0 Å². The molecule has 1 unspecified atom stereocenters. The van der Waals surface area contributed by atoms with E-state index in [0.717, 1.165) is 5.69 Å². The molecule has 0 radical (unpaired) electrons. The molecule has 0 aliphatic heterocycles. The van der Waals surface area contributed by atoms with Crippen LogP contribution in [-0.4, -0.2) is 24.4 Å². The van der Waals surface area contributed by atoms with Crippen LogP contribution in [0.5, 0.6) is 0 Å². The van der Waals surface area contributed by atoms with Crippen molar-refractivity contribution >= 4 is 17.0 Å². The number of thiophene rings is 1. The normalized spacial score (nSPS) is 12.3. The molecule has 0 spiro atoms. The van der Waals surface area contributed by atoms with Crippen LogP contribution in [0.25, 0.3) is 0 Å². The Balaban J connectivity index is 1.69. The molecule has 1 atom stereocenters. The van der Waals surface area contributed by atoms with Gasteiger partial charge < -0.3 is 15.2 Å². The molecule has 3 nitrogen and oxygen atoms in total. The fraction of sp³-hybridized carbons (Fsp3) is 0.375. The van der Waals surface area contributed by atoms with E-state index in [1.165, 1.54) is 16.0 Å². The minimum atomic E-state index is -0.503. The summed E-state index contributed by atoms with van der Waals surface area (Å²) in [6.07, 6.45) is -0.503. The first-order valence-corrected chi connectivity index (χ1v) is 7.62. The molecule has 108 valence electrons. The number of hydrogen-bond donors (Lipinski definition) is 2. The predicted octanol–water partition coefficient (Wildman–Crippen LogP) is 3.35. The van der Waals surface area contributed by atoms with Crippen LogP contribution in [0.1, 0.15) is 16.0 Å². The van der Waals surface area contributed by atoms with Crippen LogP contribution in [0.3, 0.4) is 0 Å². The fourth-order valence-electron chi connectivity index (χ4n) is 1.84. The Morgan fingerprint density at radius 3 is 2.80 bits per heavy atom. The molecule has 20 heavy (non-hydrogen) atoms. The van der Waals surface area contributed by atoms with E-state index in [1.807, 2.05) is 23.6 Å². The van der Waals surface area contributed by atoms with E-state index in [1.54, 1.807) is 11.3 Å². The highest BCUT2D eigenvalue weighted by molar-refractivity contribution is 7.09. The molecule has 0 saturated carbocycles. The van der Waals surface area contributed by atoms with E-state index in [4.69, 9.17) is 4.74 Å². The van der Waals surface area contributed by atoms with Gasteiger partial charge in [0.25, 0.3) is 0 Å². The predicted molar refractivity (Wildman–Crippen MR) is 84.4 cm³/mol. The van der Waals surface area contributed by atoms with Crippen molar-refractivity contribution in [1.82, 2.24) is 0 Å². The Hall–Kier alpha value is -1.36. The molecule has 2 rings (SSSR count). The van der Waals surface area contributed by atoms with Gasteiger partial charge in [-0.25, -0.2) is 0 Å². The van der Waals surface area contributed by atoms with Gasteiger partial charge in [0, 0.05) is 17.1 Å². The lowest BCUT2D eigenvalue weighted by atomic mass is 10.1. The average Bonchev–Trinajstić information content (AvgIpc) is 2.93. The summed E-state index contributed by atoms with van der Waals surface area (Å²) in [6.45, 7) is 5.58. The van der Waals surface area contributed by atoms with E-state index < -0.39 is 6.10 Å². The first-order valence-electron chi connectivity index (χ1n) is 6.74. The summed E-state index contributed by atoms with van der Waals surface area (Å²) >= 11 is 1.67. The summed E-state index contributed by atoms with van der Waals surface area (Å²) in [7, 11) is 0. The van der Waals surface area contributed by atoms with Gasteiger partial charge in [0.15, 0.2) is 0 Å². The van der Waals surface area contributed by atoms with Gasteiger partial charge in [-0.05, 0) is 48.6 Å². The van der Waals surface area contributed by atoms with Crippen LogP contribution < -0.4 is 5.32 Å². The molecule has 0 amide bonds.